The summed E-state index contributed by atoms with van der Waals surface area (Å²) in [5, 5.41) is 0. The summed E-state index contributed by atoms with van der Waals surface area (Å²) in [5.41, 5.74) is -0.0810. The monoisotopic (exact) mass is 411 g/mol. The molecule has 4 nitrogen and oxygen atoms in total. The van der Waals surface area contributed by atoms with Crippen molar-refractivity contribution < 1.29 is 22.9 Å². The molecule has 0 aliphatic heterocycles. The van der Waals surface area contributed by atoms with Crippen LogP contribution < -0.4 is 4.72 Å². The van der Waals surface area contributed by atoms with E-state index in [0.717, 1.165) is 6.07 Å². The minimum atomic E-state index is -1.57. The zero-order valence-corrected chi connectivity index (χ0v) is 15.8. The maximum absolute atomic E-state index is 14.1. The lowest BCUT2D eigenvalue weighted by Gasteiger charge is -2.28. The first-order valence-corrected chi connectivity index (χ1v) is 8.98. The number of nitrogens with one attached hydrogen (secondary N) is 1. The molecule has 0 aliphatic rings. The summed E-state index contributed by atoms with van der Waals surface area (Å²) in [6.45, 7) is 7.01. The Labute approximate surface area is 146 Å². The van der Waals surface area contributed by atoms with Crippen LogP contribution in [0.5, 0.6) is 0 Å². The standard InChI is InChI=1S/C15H20BrF2NO3S/c1-5-22-13(20)8-12(19-23(21)15(2,3)4)10-6-9(16)7-11(17)14(10)18/h6-7,12,19H,5,8H2,1-4H3/t12?,23-/m1/s1. The molecule has 130 valence electrons. The maximum Gasteiger partial charge on any atom is 0.307 e. The van der Waals surface area contributed by atoms with Crippen LogP contribution >= 0.6 is 15.9 Å². The van der Waals surface area contributed by atoms with Crippen LogP contribution in [0.2, 0.25) is 0 Å². The van der Waals surface area contributed by atoms with E-state index in [1.54, 1.807) is 27.7 Å². The summed E-state index contributed by atoms with van der Waals surface area (Å²) in [5.74, 6) is -2.72. The highest BCUT2D eigenvalue weighted by Crippen LogP contribution is 2.29. The van der Waals surface area contributed by atoms with Gasteiger partial charge in [-0.3, -0.25) is 4.79 Å². The van der Waals surface area contributed by atoms with Gasteiger partial charge in [-0.2, -0.15) is 0 Å². The Hall–Kier alpha value is -0.700. The van der Waals surface area contributed by atoms with Crippen LogP contribution in [-0.2, 0) is 20.9 Å². The van der Waals surface area contributed by atoms with Gasteiger partial charge in [-0.25, -0.2) is 8.78 Å². The molecule has 2 atom stereocenters. The topological polar surface area (TPSA) is 61.4 Å². The second kappa shape index (κ2) is 8.41. The van der Waals surface area contributed by atoms with Crippen molar-refractivity contribution in [1.82, 2.24) is 4.72 Å². The van der Waals surface area contributed by atoms with Crippen LogP contribution in [0.3, 0.4) is 0 Å². The summed E-state index contributed by atoms with van der Waals surface area (Å²) < 4.78 is 47.3. The maximum atomic E-state index is 14.1. The Bertz CT molecular complexity index is 566. The lowest BCUT2D eigenvalue weighted by Crippen LogP contribution is -2.42. The molecular formula is C15H20BrF2NO3S. The van der Waals surface area contributed by atoms with Gasteiger partial charge in [0.15, 0.2) is 11.6 Å². The molecule has 23 heavy (non-hydrogen) atoms. The van der Waals surface area contributed by atoms with E-state index in [1.165, 1.54) is 6.07 Å². The van der Waals surface area contributed by atoms with E-state index in [4.69, 9.17) is 4.74 Å². The van der Waals surface area contributed by atoms with Crippen molar-refractivity contribution in [2.45, 2.75) is 44.9 Å². The molecule has 0 heterocycles. The zero-order chi connectivity index (χ0) is 17.8. The van der Waals surface area contributed by atoms with E-state index >= 15 is 0 Å². The molecule has 1 aromatic carbocycles. The Morgan fingerprint density at radius 2 is 2.04 bits per heavy atom. The number of halogens is 3. The lowest BCUT2D eigenvalue weighted by atomic mass is 10.0. The average Bonchev–Trinajstić information content (AvgIpc) is 2.41. The van der Waals surface area contributed by atoms with Crippen LogP contribution in [0.1, 0.15) is 45.7 Å². The first kappa shape index (κ1) is 20.3. The average molecular weight is 412 g/mol. The molecule has 0 fully saturated rings. The normalized spacial score (nSPS) is 14.4. The van der Waals surface area contributed by atoms with Gasteiger partial charge in [0.2, 0.25) is 0 Å². The lowest BCUT2D eigenvalue weighted by molar-refractivity contribution is -0.143. The number of esters is 1. The number of carbonyl (C=O) groups is 1. The van der Waals surface area contributed by atoms with E-state index in [-0.39, 0.29) is 18.6 Å². The summed E-state index contributed by atoms with van der Waals surface area (Å²) in [6, 6.07) is 1.37. The summed E-state index contributed by atoms with van der Waals surface area (Å²) in [7, 11) is 0. The Kier molecular flexibility index (Phi) is 7.44. The molecule has 0 bridgehead atoms. The molecule has 1 rings (SSSR count). The fraction of sp³-hybridized carbons (Fsp3) is 0.533. The number of carbonyl (C=O) groups excluding carboxylic acids is 1. The van der Waals surface area contributed by atoms with Gasteiger partial charge >= 0.3 is 5.97 Å². The number of rotatable bonds is 6. The Morgan fingerprint density at radius 3 is 2.57 bits per heavy atom. The minimum Gasteiger partial charge on any atom is -0.598 e. The van der Waals surface area contributed by atoms with Crippen molar-refractivity contribution in [3.05, 3.63) is 33.8 Å². The molecule has 1 N–H and O–H groups in total. The van der Waals surface area contributed by atoms with Crippen molar-refractivity contribution in [3.63, 3.8) is 0 Å². The van der Waals surface area contributed by atoms with Crippen LogP contribution in [0.25, 0.3) is 0 Å². The predicted octanol–water partition coefficient (Wildman–Crippen LogP) is 3.77. The van der Waals surface area contributed by atoms with Crippen LogP contribution in [0.15, 0.2) is 16.6 Å². The van der Waals surface area contributed by atoms with Crippen molar-refractivity contribution >= 4 is 33.3 Å². The third kappa shape index (κ3) is 6.02. The van der Waals surface area contributed by atoms with Gasteiger partial charge in [0.1, 0.15) is 4.75 Å². The minimum absolute atomic E-state index is 0.0810. The molecule has 1 unspecified atom stereocenters. The molecule has 8 heteroatoms. The molecular weight excluding hydrogens is 392 g/mol. The molecule has 0 saturated carbocycles. The molecule has 1 aromatic rings. The number of hydrogen-bond acceptors (Lipinski definition) is 4. The van der Waals surface area contributed by atoms with Gasteiger partial charge in [-0.15, -0.1) is 4.72 Å². The highest BCUT2D eigenvalue weighted by atomic mass is 79.9. The van der Waals surface area contributed by atoms with E-state index < -0.39 is 39.8 Å². The molecule has 0 aromatic heterocycles. The molecule has 0 radical (unpaired) electrons. The molecule has 0 spiro atoms. The number of benzene rings is 1. The van der Waals surface area contributed by atoms with Crippen molar-refractivity contribution in [1.29, 1.82) is 0 Å². The second-order valence-electron chi connectivity index (χ2n) is 5.85. The SMILES string of the molecule is CCOC(=O)CC(N[S@+]([O-])C(C)(C)C)c1cc(Br)cc(F)c1F. The van der Waals surface area contributed by atoms with E-state index in [0.29, 0.717) is 4.47 Å². The van der Waals surface area contributed by atoms with Crippen molar-refractivity contribution in [3.8, 4) is 0 Å². The summed E-state index contributed by atoms with van der Waals surface area (Å²) >= 11 is 1.52. The van der Waals surface area contributed by atoms with E-state index in [2.05, 4.69) is 20.7 Å². The zero-order valence-electron chi connectivity index (χ0n) is 13.4. The van der Waals surface area contributed by atoms with Gasteiger partial charge < -0.3 is 9.29 Å². The van der Waals surface area contributed by atoms with Crippen LogP contribution in [0.4, 0.5) is 8.78 Å². The van der Waals surface area contributed by atoms with Gasteiger partial charge in [-0.05, 0) is 39.8 Å². The van der Waals surface area contributed by atoms with Crippen LogP contribution in [-0.4, -0.2) is 21.9 Å². The number of hydrogen-bond donors (Lipinski definition) is 1. The van der Waals surface area contributed by atoms with Gasteiger partial charge in [-0.1, -0.05) is 15.9 Å². The molecule has 0 aliphatic carbocycles. The van der Waals surface area contributed by atoms with E-state index in [9.17, 15) is 18.1 Å². The largest absolute Gasteiger partial charge is 0.598 e. The molecule has 0 amide bonds. The highest BCUT2D eigenvalue weighted by Gasteiger charge is 2.33. The summed E-state index contributed by atoms with van der Waals surface area (Å²) in [6.07, 6.45) is -0.261. The van der Waals surface area contributed by atoms with Gasteiger partial charge in [0.25, 0.3) is 0 Å². The third-order valence-electron chi connectivity index (χ3n) is 2.88. The highest BCUT2D eigenvalue weighted by molar-refractivity contribution is 9.10. The van der Waals surface area contributed by atoms with E-state index in [1.807, 2.05) is 0 Å². The van der Waals surface area contributed by atoms with Crippen molar-refractivity contribution in [2.75, 3.05) is 6.61 Å². The quantitative estimate of drug-likeness (QED) is 0.439. The number of ether oxygens (including phenoxy) is 1. The second-order valence-corrected chi connectivity index (χ2v) is 8.77. The Morgan fingerprint density at radius 1 is 1.43 bits per heavy atom. The van der Waals surface area contributed by atoms with Gasteiger partial charge in [0.05, 0.1) is 19.1 Å². The van der Waals surface area contributed by atoms with Crippen LogP contribution in [0, 0.1) is 11.6 Å². The first-order valence-electron chi connectivity index (χ1n) is 7.04. The fourth-order valence-corrected chi connectivity index (χ4v) is 3.01. The smallest absolute Gasteiger partial charge is 0.307 e. The predicted molar refractivity (Wildman–Crippen MR) is 89.1 cm³/mol. The summed E-state index contributed by atoms with van der Waals surface area (Å²) in [4.78, 5) is 11.8. The fourth-order valence-electron chi connectivity index (χ4n) is 1.74. The van der Waals surface area contributed by atoms with Crippen molar-refractivity contribution in [2.24, 2.45) is 0 Å². The molecule has 0 saturated heterocycles. The van der Waals surface area contributed by atoms with Gasteiger partial charge in [0, 0.05) is 21.4 Å². The Balaban J connectivity index is 3.16. The third-order valence-corrected chi connectivity index (χ3v) is 4.95. The first-order chi connectivity index (χ1) is 10.6.